The van der Waals surface area contributed by atoms with E-state index in [1.807, 2.05) is 0 Å². The van der Waals surface area contributed by atoms with Crippen LogP contribution in [0.3, 0.4) is 0 Å². The quantitative estimate of drug-likeness (QED) is 0.839. The minimum Gasteiger partial charge on any atom is -0.380 e. The number of carbonyl (C=O) groups is 1. The van der Waals surface area contributed by atoms with Gasteiger partial charge >= 0.3 is 0 Å². The second-order valence-electron chi connectivity index (χ2n) is 4.94. The molecule has 19 heavy (non-hydrogen) atoms. The first kappa shape index (κ1) is 14.0. The van der Waals surface area contributed by atoms with Crippen molar-refractivity contribution < 1.29 is 9.53 Å². The number of amides is 1. The molecular formula is C15H22N2O2. The molecule has 2 rings (SSSR count). The SMILES string of the molecule is CCc1ccc(CNC(=O)C2CC(OC)CN2)cc1. The van der Waals surface area contributed by atoms with Crippen LogP contribution in [0.1, 0.15) is 24.5 Å². The van der Waals surface area contributed by atoms with Crippen LogP contribution in [0.2, 0.25) is 0 Å². The summed E-state index contributed by atoms with van der Waals surface area (Å²) in [5.41, 5.74) is 2.45. The minimum absolute atomic E-state index is 0.0547. The molecule has 1 fully saturated rings. The zero-order chi connectivity index (χ0) is 13.7. The van der Waals surface area contributed by atoms with E-state index in [1.54, 1.807) is 7.11 Å². The van der Waals surface area contributed by atoms with Crippen molar-refractivity contribution in [3.8, 4) is 0 Å². The van der Waals surface area contributed by atoms with Gasteiger partial charge in [-0.15, -0.1) is 0 Å². The van der Waals surface area contributed by atoms with Gasteiger partial charge in [0.25, 0.3) is 0 Å². The van der Waals surface area contributed by atoms with Gasteiger partial charge in [-0.1, -0.05) is 31.2 Å². The molecule has 1 heterocycles. The number of rotatable bonds is 5. The molecule has 1 aromatic carbocycles. The Morgan fingerprint density at radius 1 is 1.37 bits per heavy atom. The maximum absolute atomic E-state index is 12.0. The molecule has 104 valence electrons. The molecule has 2 atom stereocenters. The highest BCUT2D eigenvalue weighted by Gasteiger charge is 2.28. The maximum atomic E-state index is 12.0. The van der Waals surface area contributed by atoms with Crippen molar-refractivity contribution in [3.05, 3.63) is 35.4 Å². The highest BCUT2D eigenvalue weighted by atomic mass is 16.5. The topological polar surface area (TPSA) is 50.4 Å². The van der Waals surface area contributed by atoms with Crippen molar-refractivity contribution in [2.75, 3.05) is 13.7 Å². The van der Waals surface area contributed by atoms with Crippen molar-refractivity contribution >= 4 is 5.91 Å². The van der Waals surface area contributed by atoms with Crippen LogP contribution in [0.5, 0.6) is 0 Å². The summed E-state index contributed by atoms with van der Waals surface area (Å²) in [5, 5.41) is 6.14. The summed E-state index contributed by atoms with van der Waals surface area (Å²) < 4.78 is 5.24. The Balaban J connectivity index is 1.80. The van der Waals surface area contributed by atoms with Gasteiger partial charge in [0, 0.05) is 20.2 Å². The van der Waals surface area contributed by atoms with Gasteiger partial charge in [-0.25, -0.2) is 0 Å². The van der Waals surface area contributed by atoms with Crippen molar-refractivity contribution in [1.82, 2.24) is 10.6 Å². The molecule has 1 aromatic rings. The van der Waals surface area contributed by atoms with E-state index >= 15 is 0 Å². The molecule has 0 aromatic heterocycles. The first-order valence-electron chi connectivity index (χ1n) is 6.84. The molecule has 0 radical (unpaired) electrons. The average molecular weight is 262 g/mol. The van der Waals surface area contributed by atoms with E-state index in [0.29, 0.717) is 6.54 Å². The van der Waals surface area contributed by atoms with Gasteiger partial charge in [0.15, 0.2) is 0 Å². The molecule has 0 saturated carbocycles. The molecule has 1 saturated heterocycles. The fourth-order valence-corrected chi connectivity index (χ4v) is 2.29. The predicted octanol–water partition coefficient (Wildman–Crippen LogP) is 1.24. The Kier molecular flexibility index (Phi) is 4.93. The van der Waals surface area contributed by atoms with Gasteiger partial charge in [0.1, 0.15) is 0 Å². The Bertz CT molecular complexity index is 417. The first-order chi connectivity index (χ1) is 9.22. The van der Waals surface area contributed by atoms with E-state index in [2.05, 4.69) is 41.8 Å². The van der Waals surface area contributed by atoms with E-state index in [9.17, 15) is 4.79 Å². The smallest absolute Gasteiger partial charge is 0.237 e. The van der Waals surface area contributed by atoms with Crippen LogP contribution in [0, 0.1) is 0 Å². The van der Waals surface area contributed by atoms with Gasteiger partial charge in [-0.2, -0.15) is 0 Å². The Morgan fingerprint density at radius 3 is 2.63 bits per heavy atom. The minimum atomic E-state index is -0.125. The summed E-state index contributed by atoms with van der Waals surface area (Å²) in [6.45, 7) is 3.47. The van der Waals surface area contributed by atoms with Crippen LogP contribution in [0.4, 0.5) is 0 Å². The largest absolute Gasteiger partial charge is 0.380 e. The third-order valence-electron chi connectivity index (χ3n) is 3.64. The lowest BCUT2D eigenvalue weighted by molar-refractivity contribution is -0.123. The summed E-state index contributed by atoms with van der Waals surface area (Å²) >= 11 is 0. The molecule has 1 amide bonds. The molecular weight excluding hydrogens is 240 g/mol. The fourth-order valence-electron chi connectivity index (χ4n) is 2.29. The van der Waals surface area contributed by atoms with Crippen LogP contribution < -0.4 is 10.6 Å². The van der Waals surface area contributed by atoms with Gasteiger partial charge < -0.3 is 15.4 Å². The average Bonchev–Trinajstić information content (AvgIpc) is 2.94. The van der Waals surface area contributed by atoms with Gasteiger partial charge in [0.05, 0.1) is 12.1 Å². The van der Waals surface area contributed by atoms with E-state index in [1.165, 1.54) is 5.56 Å². The van der Waals surface area contributed by atoms with Crippen molar-refractivity contribution in [2.45, 2.75) is 38.5 Å². The number of benzene rings is 1. The molecule has 4 nitrogen and oxygen atoms in total. The number of hydrogen-bond acceptors (Lipinski definition) is 3. The van der Waals surface area contributed by atoms with Gasteiger partial charge in [-0.05, 0) is 24.0 Å². The third kappa shape index (κ3) is 3.78. The lowest BCUT2D eigenvalue weighted by Gasteiger charge is -2.11. The number of hydrogen-bond donors (Lipinski definition) is 2. The second-order valence-corrected chi connectivity index (χ2v) is 4.94. The monoisotopic (exact) mass is 262 g/mol. The zero-order valence-corrected chi connectivity index (χ0v) is 11.6. The standard InChI is InChI=1S/C15H22N2O2/c1-3-11-4-6-12(7-5-11)9-17-15(18)14-8-13(19-2)10-16-14/h4-7,13-14,16H,3,8-10H2,1-2H3,(H,17,18). The third-order valence-corrected chi connectivity index (χ3v) is 3.64. The maximum Gasteiger partial charge on any atom is 0.237 e. The summed E-state index contributed by atoms with van der Waals surface area (Å²) in [6, 6.07) is 8.23. The normalized spacial score (nSPS) is 22.4. The van der Waals surface area contributed by atoms with E-state index in [4.69, 9.17) is 4.74 Å². The zero-order valence-electron chi connectivity index (χ0n) is 11.6. The lowest BCUT2D eigenvalue weighted by atomic mass is 10.1. The van der Waals surface area contributed by atoms with Crippen molar-refractivity contribution in [3.63, 3.8) is 0 Å². The Labute approximate surface area is 114 Å². The molecule has 2 unspecified atom stereocenters. The van der Waals surface area contributed by atoms with Gasteiger partial charge in [0.2, 0.25) is 5.91 Å². The first-order valence-corrected chi connectivity index (χ1v) is 6.84. The fraction of sp³-hybridized carbons (Fsp3) is 0.533. The van der Waals surface area contributed by atoms with Crippen LogP contribution in [0.25, 0.3) is 0 Å². The number of ether oxygens (including phenoxy) is 1. The van der Waals surface area contributed by atoms with Crippen LogP contribution in [-0.4, -0.2) is 31.7 Å². The van der Waals surface area contributed by atoms with Gasteiger partial charge in [-0.3, -0.25) is 4.79 Å². The van der Waals surface area contributed by atoms with E-state index < -0.39 is 0 Å². The molecule has 0 aliphatic carbocycles. The van der Waals surface area contributed by atoms with Crippen LogP contribution in [-0.2, 0) is 22.5 Å². The summed E-state index contributed by atoms with van der Waals surface area (Å²) in [7, 11) is 1.68. The summed E-state index contributed by atoms with van der Waals surface area (Å²) in [5.74, 6) is 0.0547. The van der Waals surface area contributed by atoms with Crippen molar-refractivity contribution in [1.29, 1.82) is 0 Å². The second kappa shape index (κ2) is 6.68. The number of aryl methyl sites for hydroxylation is 1. The predicted molar refractivity (Wildman–Crippen MR) is 74.9 cm³/mol. The number of nitrogens with one attached hydrogen (secondary N) is 2. The molecule has 0 spiro atoms. The molecule has 0 bridgehead atoms. The molecule has 1 aliphatic rings. The molecule has 4 heteroatoms. The van der Waals surface area contributed by atoms with E-state index in [-0.39, 0.29) is 18.1 Å². The summed E-state index contributed by atoms with van der Waals surface area (Å²) in [6.07, 6.45) is 1.94. The highest BCUT2D eigenvalue weighted by Crippen LogP contribution is 2.10. The highest BCUT2D eigenvalue weighted by molar-refractivity contribution is 5.82. The Morgan fingerprint density at radius 2 is 2.05 bits per heavy atom. The summed E-state index contributed by atoms with van der Waals surface area (Å²) in [4.78, 5) is 12.0. The number of carbonyl (C=O) groups excluding carboxylic acids is 1. The number of methoxy groups -OCH3 is 1. The van der Waals surface area contributed by atoms with Crippen LogP contribution in [0.15, 0.2) is 24.3 Å². The lowest BCUT2D eigenvalue weighted by Crippen LogP contribution is -2.39. The van der Waals surface area contributed by atoms with Crippen molar-refractivity contribution in [2.24, 2.45) is 0 Å². The molecule has 2 N–H and O–H groups in total. The van der Waals surface area contributed by atoms with E-state index in [0.717, 1.165) is 24.9 Å². The molecule has 1 aliphatic heterocycles. The Hall–Kier alpha value is -1.39. The van der Waals surface area contributed by atoms with Crippen LogP contribution >= 0.6 is 0 Å².